The average Bonchev–Trinajstić information content (AvgIpc) is 2.90. The lowest BCUT2D eigenvalue weighted by Gasteiger charge is -2.37. The van der Waals surface area contributed by atoms with Gasteiger partial charge >= 0.3 is 0 Å². The summed E-state index contributed by atoms with van der Waals surface area (Å²) in [7, 11) is 0. The van der Waals surface area contributed by atoms with Gasteiger partial charge in [0, 0.05) is 25.7 Å². The number of nitrogens with zero attached hydrogens (tertiary/aromatic N) is 2. The molecular formula is C16H32ClN3O. The van der Waals surface area contributed by atoms with Crippen LogP contribution in [0.5, 0.6) is 0 Å². The highest BCUT2D eigenvalue weighted by Gasteiger charge is 2.29. The molecule has 5 heteroatoms. The molecule has 0 radical (unpaired) electrons. The van der Waals surface area contributed by atoms with Gasteiger partial charge in [-0.15, -0.1) is 12.4 Å². The Balaban J connectivity index is 0.00000220. The van der Waals surface area contributed by atoms with Gasteiger partial charge in [-0.25, -0.2) is 0 Å². The summed E-state index contributed by atoms with van der Waals surface area (Å²) in [6.07, 6.45) is 3.56. The Labute approximate surface area is 136 Å². The van der Waals surface area contributed by atoms with Crippen molar-refractivity contribution in [3.05, 3.63) is 0 Å². The lowest BCUT2D eigenvalue weighted by molar-refractivity contribution is -0.135. The fourth-order valence-electron chi connectivity index (χ4n) is 3.77. The van der Waals surface area contributed by atoms with Crippen molar-refractivity contribution in [2.24, 2.45) is 11.8 Å². The monoisotopic (exact) mass is 317 g/mol. The van der Waals surface area contributed by atoms with Crippen LogP contribution in [0.3, 0.4) is 0 Å². The van der Waals surface area contributed by atoms with Crippen LogP contribution in [0.15, 0.2) is 0 Å². The van der Waals surface area contributed by atoms with E-state index in [4.69, 9.17) is 0 Å². The molecule has 2 aliphatic rings. The largest absolute Gasteiger partial charge is 0.341 e. The predicted octanol–water partition coefficient (Wildman–Crippen LogP) is 1.99. The molecule has 21 heavy (non-hydrogen) atoms. The summed E-state index contributed by atoms with van der Waals surface area (Å²) >= 11 is 0. The van der Waals surface area contributed by atoms with E-state index in [1.54, 1.807) is 0 Å². The van der Waals surface area contributed by atoms with Gasteiger partial charge in [-0.05, 0) is 44.2 Å². The van der Waals surface area contributed by atoms with Crippen LogP contribution < -0.4 is 5.32 Å². The third-order valence-electron chi connectivity index (χ3n) is 4.62. The molecule has 0 aromatic carbocycles. The molecular weight excluding hydrogens is 286 g/mol. The van der Waals surface area contributed by atoms with Gasteiger partial charge in [0.15, 0.2) is 0 Å². The van der Waals surface area contributed by atoms with E-state index in [9.17, 15) is 4.79 Å². The maximum atomic E-state index is 12.6. The van der Waals surface area contributed by atoms with E-state index < -0.39 is 0 Å². The summed E-state index contributed by atoms with van der Waals surface area (Å²) in [5, 5.41) is 3.41. The highest BCUT2D eigenvalue weighted by Crippen LogP contribution is 2.21. The number of carbonyl (C=O) groups excluding carboxylic acids is 1. The SMILES string of the molecule is CCCN(CC(=O)N1CC(C)CC(C)C1)C1CCNC1.Cl. The summed E-state index contributed by atoms with van der Waals surface area (Å²) in [5.74, 6) is 1.63. The normalized spacial score (nSPS) is 29.5. The number of carbonyl (C=O) groups is 1. The molecule has 2 rings (SSSR count). The Morgan fingerprint density at radius 2 is 1.95 bits per heavy atom. The van der Waals surface area contributed by atoms with Crippen LogP contribution in [0.25, 0.3) is 0 Å². The molecule has 0 bridgehead atoms. The molecule has 2 heterocycles. The second kappa shape index (κ2) is 8.96. The maximum Gasteiger partial charge on any atom is 0.236 e. The highest BCUT2D eigenvalue weighted by molar-refractivity contribution is 5.85. The molecule has 0 aromatic heterocycles. The Bertz CT molecular complexity index is 311. The average molecular weight is 318 g/mol. The fourth-order valence-corrected chi connectivity index (χ4v) is 3.77. The zero-order valence-corrected chi connectivity index (χ0v) is 14.6. The van der Waals surface area contributed by atoms with Crippen molar-refractivity contribution >= 4 is 18.3 Å². The number of amides is 1. The number of hydrogen-bond acceptors (Lipinski definition) is 3. The molecule has 2 saturated heterocycles. The summed E-state index contributed by atoms with van der Waals surface area (Å²) in [6.45, 7) is 12.4. The summed E-state index contributed by atoms with van der Waals surface area (Å²) in [5.41, 5.74) is 0. The van der Waals surface area contributed by atoms with Crippen LogP contribution in [0.2, 0.25) is 0 Å². The number of hydrogen-bond donors (Lipinski definition) is 1. The molecule has 3 atom stereocenters. The Morgan fingerprint density at radius 3 is 2.48 bits per heavy atom. The zero-order chi connectivity index (χ0) is 14.5. The number of nitrogens with one attached hydrogen (secondary N) is 1. The third kappa shape index (κ3) is 5.42. The number of piperidine rings is 1. The molecule has 1 amide bonds. The minimum absolute atomic E-state index is 0. The lowest BCUT2D eigenvalue weighted by atomic mass is 9.92. The number of halogens is 1. The molecule has 1 N–H and O–H groups in total. The molecule has 124 valence electrons. The van der Waals surface area contributed by atoms with Crippen molar-refractivity contribution in [1.29, 1.82) is 0 Å². The van der Waals surface area contributed by atoms with Gasteiger partial charge < -0.3 is 10.2 Å². The van der Waals surface area contributed by atoms with Crippen LogP contribution in [0.4, 0.5) is 0 Å². The first-order chi connectivity index (χ1) is 9.60. The van der Waals surface area contributed by atoms with E-state index in [0.717, 1.165) is 39.1 Å². The first kappa shape index (κ1) is 18.7. The van der Waals surface area contributed by atoms with E-state index in [2.05, 4.69) is 35.9 Å². The van der Waals surface area contributed by atoms with Crippen LogP contribution in [0, 0.1) is 11.8 Å². The Kier molecular flexibility index (Phi) is 7.99. The standard InChI is InChI=1S/C16H31N3O.ClH/c1-4-7-18(15-5-6-17-9-15)12-16(20)19-10-13(2)8-14(3)11-19;/h13-15,17H,4-12H2,1-3H3;1H. The minimum atomic E-state index is 0. The first-order valence-electron chi connectivity index (χ1n) is 8.32. The fraction of sp³-hybridized carbons (Fsp3) is 0.938. The Hall–Kier alpha value is -0.320. The quantitative estimate of drug-likeness (QED) is 0.842. The van der Waals surface area contributed by atoms with E-state index in [1.807, 2.05) is 0 Å². The molecule has 0 spiro atoms. The summed E-state index contributed by atoms with van der Waals surface area (Å²) < 4.78 is 0. The van der Waals surface area contributed by atoms with Crippen LogP contribution in [-0.2, 0) is 4.79 Å². The van der Waals surface area contributed by atoms with Crippen LogP contribution in [0.1, 0.15) is 40.0 Å². The van der Waals surface area contributed by atoms with Crippen molar-refractivity contribution < 1.29 is 4.79 Å². The number of likely N-dealkylation sites (tertiary alicyclic amines) is 1. The molecule has 0 saturated carbocycles. The van der Waals surface area contributed by atoms with Gasteiger partial charge in [-0.1, -0.05) is 20.8 Å². The summed E-state index contributed by atoms with van der Waals surface area (Å²) in [6, 6.07) is 0.554. The molecule has 0 aromatic rings. The first-order valence-corrected chi connectivity index (χ1v) is 8.32. The van der Waals surface area contributed by atoms with E-state index in [1.165, 1.54) is 12.8 Å². The van der Waals surface area contributed by atoms with E-state index in [-0.39, 0.29) is 12.4 Å². The Morgan fingerprint density at radius 1 is 1.29 bits per heavy atom. The van der Waals surface area contributed by atoms with Gasteiger partial charge in [-0.2, -0.15) is 0 Å². The van der Waals surface area contributed by atoms with Gasteiger partial charge in [0.2, 0.25) is 5.91 Å². The highest BCUT2D eigenvalue weighted by atomic mass is 35.5. The van der Waals surface area contributed by atoms with Crippen LogP contribution >= 0.6 is 12.4 Å². The lowest BCUT2D eigenvalue weighted by Crippen LogP contribution is -2.49. The minimum Gasteiger partial charge on any atom is -0.341 e. The zero-order valence-electron chi connectivity index (χ0n) is 13.8. The van der Waals surface area contributed by atoms with Gasteiger partial charge in [0.1, 0.15) is 0 Å². The van der Waals surface area contributed by atoms with Crippen molar-refractivity contribution in [3.8, 4) is 0 Å². The van der Waals surface area contributed by atoms with Crippen LogP contribution in [-0.4, -0.2) is 61.0 Å². The molecule has 3 unspecified atom stereocenters. The molecule has 0 aliphatic carbocycles. The second-order valence-electron chi connectivity index (χ2n) is 6.86. The van der Waals surface area contributed by atoms with E-state index in [0.29, 0.717) is 30.3 Å². The smallest absolute Gasteiger partial charge is 0.236 e. The van der Waals surface area contributed by atoms with E-state index >= 15 is 0 Å². The van der Waals surface area contributed by atoms with Crippen molar-refractivity contribution in [1.82, 2.24) is 15.1 Å². The molecule has 2 aliphatic heterocycles. The van der Waals surface area contributed by atoms with Gasteiger partial charge in [-0.3, -0.25) is 9.69 Å². The molecule has 2 fully saturated rings. The predicted molar refractivity (Wildman–Crippen MR) is 89.9 cm³/mol. The summed E-state index contributed by atoms with van der Waals surface area (Å²) in [4.78, 5) is 17.1. The van der Waals surface area contributed by atoms with Crippen molar-refractivity contribution in [3.63, 3.8) is 0 Å². The van der Waals surface area contributed by atoms with Gasteiger partial charge in [0.05, 0.1) is 6.54 Å². The van der Waals surface area contributed by atoms with Crippen molar-refractivity contribution in [2.75, 3.05) is 39.3 Å². The maximum absolute atomic E-state index is 12.6. The number of rotatable bonds is 5. The topological polar surface area (TPSA) is 35.6 Å². The third-order valence-corrected chi connectivity index (χ3v) is 4.62. The second-order valence-corrected chi connectivity index (χ2v) is 6.86. The van der Waals surface area contributed by atoms with Crippen molar-refractivity contribution in [2.45, 2.75) is 46.1 Å². The van der Waals surface area contributed by atoms with Gasteiger partial charge in [0.25, 0.3) is 0 Å². The molecule has 4 nitrogen and oxygen atoms in total.